The van der Waals surface area contributed by atoms with E-state index >= 15 is 0 Å². The summed E-state index contributed by atoms with van der Waals surface area (Å²) in [7, 11) is -3.46. The molecule has 23 heavy (non-hydrogen) atoms. The van der Waals surface area contributed by atoms with Crippen molar-refractivity contribution in [1.29, 1.82) is 0 Å². The zero-order valence-corrected chi connectivity index (χ0v) is 14.0. The van der Waals surface area contributed by atoms with Crippen LogP contribution in [0.2, 0.25) is 0 Å². The summed E-state index contributed by atoms with van der Waals surface area (Å²) in [6, 6.07) is 5.92. The van der Waals surface area contributed by atoms with Crippen molar-refractivity contribution in [3.8, 4) is 0 Å². The molecule has 7 heteroatoms. The van der Waals surface area contributed by atoms with Gasteiger partial charge in [-0.1, -0.05) is 13.0 Å². The lowest BCUT2D eigenvalue weighted by molar-refractivity contribution is 0.248. The molecule has 0 radical (unpaired) electrons. The van der Waals surface area contributed by atoms with E-state index in [0.29, 0.717) is 12.1 Å². The van der Waals surface area contributed by atoms with Gasteiger partial charge in [0.25, 0.3) is 0 Å². The number of rotatable bonds is 8. The first-order valence-corrected chi connectivity index (χ1v) is 9.23. The van der Waals surface area contributed by atoms with E-state index in [0.717, 1.165) is 19.3 Å². The Kier molecular flexibility index (Phi) is 5.79. The number of nitrogens with one attached hydrogen (secondary N) is 3. The van der Waals surface area contributed by atoms with Crippen LogP contribution in [0.5, 0.6) is 0 Å². The molecule has 2 amide bonds. The Bertz CT molecular complexity index is 652. The maximum absolute atomic E-state index is 12.1. The molecule has 1 fully saturated rings. The number of carbonyl (C=O) groups excluding carboxylic acids is 1. The number of hydrogen-bond donors (Lipinski definition) is 3. The average Bonchev–Trinajstić information content (AvgIpc) is 3.30. The molecule has 1 unspecified atom stereocenters. The van der Waals surface area contributed by atoms with Crippen LogP contribution < -0.4 is 15.4 Å². The van der Waals surface area contributed by atoms with Crippen molar-refractivity contribution < 1.29 is 13.2 Å². The first-order chi connectivity index (χ1) is 10.9. The summed E-state index contributed by atoms with van der Waals surface area (Å²) in [6.45, 7) is 5.65. The van der Waals surface area contributed by atoms with Crippen LogP contribution >= 0.6 is 0 Å². The number of benzene rings is 1. The molecular weight excluding hydrogens is 314 g/mol. The molecule has 1 saturated carbocycles. The van der Waals surface area contributed by atoms with Gasteiger partial charge in [-0.15, -0.1) is 6.58 Å². The summed E-state index contributed by atoms with van der Waals surface area (Å²) >= 11 is 0. The van der Waals surface area contributed by atoms with Gasteiger partial charge in [0.2, 0.25) is 10.0 Å². The molecule has 1 aromatic carbocycles. The monoisotopic (exact) mass is 337 g/mol. The molecule has 0 spiro atoms. The molecule has 126 valence electrons. The molecular formula is C16H23N3O3S. The van der Waals surface area contributed by atoms with Gasteiger partial charge in [0.15, 0.2) is 0 Å². The van der Waals surface area contributed by atoms with Crippen LogP contribution in [0.4, 0.5) is 10.5 Å². The van der Waals surface area contributed by atoms with E-state index in [4.69, 9.17) is 0 Å². The molecule has 1 atom stereocenters. The smallest absolute Gasteiger partial charge is 0.319 e. The average molecular weight is 337 g/mol. The Morgan fingerprint density at radius 1 is 1.35 bits per heavy atom. The summed E-state index contributed by atoms with van der Waals surface area (Å²) in [5, 5.41) is 5.54. The molecule has 0 aliphatic heterocycles. The normalized spacial score (nSPS) is 15.7. The predicted octanol–water partition coefficient (Wildman–Crippen LogP) is 2.60. The number of hydrogen-bond acceptors (Lipinski definition) is 3. The number of anilines is 1. The van der Waals surface area contributed by atoms with Crippen molar-refractivity contribution in [2.75, 3.05) is 5.32 Å². The number of sulfonamides is 1. The maximum Gasteiger partial charge on any atom is 0.319 e. The fourth-order valence-electron chi connectivity index (χ4n) is 2.09. The Morgan fingerprint density at radius 2 is 2.00 bits per heavy atom. The van der Waals surface area contributed by atoms with Crippen molar-refractivity contribution in [3.05, 3.63) is 36.9 Å². The Labute approximate surface area is 137 Å². The fraction of sp³-hybridized carbons (Fsp3) is 0.438. The molecule has 0 saturated heterocycles. The highest BCUT2D eigenvalue weighted by Gasteiger charge is 2.27. The molecule has 1 aliphatic rings. The van der Waals surface area contributed by atoms with Crippen LogP contribution in [0, 0.1) is 0 Å². The Morgan fingerprint density at radius 3 is 2.52 bits per heavy atom. The minimum atomic E-state index is -3.46. The summed E-state index contributed by atoms with van der Waals surface area (Å²) in [4.78, 5) is 12.1. The second-order valence-corrected chi connectivity index (χ2v) is 7.36. The second kappa shape index (κ2) is 7.61. The third-order valence-corrected chi connectivity index (χ3v) is 5.14. The van der Waals surface area contributed by atoms with E-state index in [1.807, 2.05) is 6.92 Å². The molecule has 0 bridgehead atoms. The zero-order valence-electron chi connectivity index (χ0n) is 13.2. The summed E-state index contributed by atoms with van der Waals surface area (Å²) in [5.41, 5.74) is 0.543. The maximum atomic E-state index is 12.1. The second-order valence-electron chi connectivity index (χ2n) is 5.65. The first kappa shape index (κ1) is 17.5. The molecule has 3 N–H and O–H groups in total. The first-order valence-electron chi connectivity index (χ1n) is 7.75. The lowest BCUT2D eigenvalue weighted by Gasteiger charge is -2.15. The zero-order chi connectivity index (χ0) is 16.9. The van der Waals surface area contributed by atoms with Gasteiger partial charge >= 0.3 is 6.03 Å². The van der Waals surface area contributed by atoms with E-state index < -0.39 is 10.0 Å². The molecule has 0 heterocycles. The van der Waals surface area contributed by atoms with Crippen LogP contribution in [0.15, 0.2) is 41.8 Å². The Balaban J connectivity index is 1.94. The van der Waals surface area contributed by atoms with Crippen molar-refractivity contribution in [3.63, 3.8) is 0 Å². The lowest BCUT2D eigenvalue weighted by atomic mass is 10.1. The number of amides is 2. The predicted molar refractivity (Wildman–Crippen MR) is 90.8 cm³/mol. The van der Waals surface area contributed by atoms with Gasteiger partial charge in [0.1, 0.15) is 0 Å². The van der Waals surface area contributed by atoms with Gasteiger partial charge in [0, 0.05) is 17.8 Å². The highest BCUT2D eigenvalue weighted by Crippen LogP contribution is 2.22. The SMILES string of the molecule is C=CCC(CC)NC(=O)Nc1ccc(S(=O)(=O)NC2CC2)cc1. The molecule has 2 rings (SSSR count). The van der Waals surface area contributed by atoms with Crippen LogP contribution in [0.25, 0.3) is 0 Å². The lowest BCUT2D eigenvalue weighted by Crippen LogP contribution is -2.37. The minimum absolute atomic E-state index is 0.0369. The van der Waals surface area contributed by atoms with Crippen LogP contribution in [0.3, 0.4) is 0 Å². The third-order valence-electron chi connectivity index (χ3n) is 3.60. The highest BCUT2D eigenvalue weighted by atomic mass is 32.2. The van der Waals surface area contributed by atoms with Gasteiger partial charge in [-0.25, -0.2) is 17.9 Å². The van der Waals surface area contributed by atoms with E-state index in [1.165, 1.54) is 12.1 Å². The van der Waals surface area contributed by atoms with Crippen LogP contribution in [0.1, 0.15) is 32.6 Å². The van der Waals surface area contributed by atoms with Gasteiger partial charge in [0.05, 0.1) is 4.90 Å². The van der Waals surface area contributed by atoms with Crippen molar-refractivity contribution in [2.45, 2.75) is 49.6 Å². The molecule has 1 aromatic rings. The molecule has 0 aromatic heterocycles. The number of urea groups is 1. The highest BCUT2D eigenvalue weighted by molar-refractivity contribution is 7.89. The quantitative estimate of drug-likeness (QED) is 0.637. The third kappa shape index (κ3) is 5.37. The number of carbonyl (C=O) groups is 1. The summed E-state index contributed by atoms with van der Waals surface area (Å²) in [5.74, 6) is 0. The van der Waals surface area contributed by atoms with Crippen molar-refractivity contribution >= 4 is 21.7 Å². The van der Waals surface area contributed by atoms with E-state index in [-0.39, 0.29) is 23.0 Å². The van der Waals surface area contributed by atoms with Crippen LogP contribution in [-0.4, -0.2) is 26.5 Å². The topological polar surface area (TPSA) is 87.3 Å². The van der Waals surface area contributed by atoms with Crippen molar-refractivity contribution in [1.82, 2.24) is 10.0 Å². The minimum Gasteiger partial charge on any atom is -0.335 e. The van der Waals surface area contributed by atoms with E-state index in [2.05, 4.69) is 21.9 Å². The van der Waals surface area contributed by atoms with Gasteiger partial charge in [-0.2, -0.15) is 0 Å². The van der Waals surface area contributed by atoms with E-state index in [9.17, 15) is 13.2 Å². The summed E-state index contributed by atoms with van der Waals surface area (Å²) in [6.07, 6.45) is 5.06. The fourth-order valence-corrected chi connectivity index (χ4v) is 3.39. The standard InChI is InChI=1S/C16H23N3O3S/c1-3-5-12(4-2)17-16(20)18-13-8-10-15(11-9-13)23(21,22)19-14-6-7-14/h3,8-12,14,19H,1,4-7H2,2H3,(H2,17,18,20). The molecule has 6 nitrogen and oxygen atoms in total. The Hall–Kier alpha value is -1.86. The van der Waals surface area contributed by atoms with Crippen LogP contribution in [-0.2, 0) is 10.0 Å². The van der Waals surface area contributed by atoms with E-state index in [1.54, 1.807) is 18.2 Å². The largest absolute Gasteiger partial charge is 0.335 e. The van der Waals surface area contributed by atoms with Gasteiger partial charge < -0.3 is 10.6 Å². The van der Waals surface area contributed by atoms with Gasteiger partial charge in [-0.05, 0) is 49.9 Å². The van der Waals surface area contributed by atoms with Crippen molar-refractivity contribution in [2.24, 2.45) is 0 Å². The molecule has 1 aliphatic carbocycles. The van der Waals surface area contributed by atoms with Gasteiger partial charge in [-0.3, -0.25) is 0 Å². The summed E-state index contributed by atoms with van der Waals surface area (Å²) < 4.78 is 26.7.